The standard InChI is InChI=1S/C25H32O4S/c1-25(2,28)22-9-4-3-7-20(22)12-13-23(21-8-5-6-19(14-21)16-26)30-17-29-24(27)15-18-10-11-18/h3-9,14,18,23,26,28H,10-13,15-17H2,1-2H3/t23-/m1/s1. The topological polar surface area (TPSA) is 66.8 Å². The largest absolute Gasteiger partial charge is 0.455 e. The number of benzene rings is 2. The maximum atomic E-state index is 11.9. The molecule has 0 amide bonds. The van der Waals surface area contributed by atoms with Gasteiger partial charge in [0.2, 0.25) is 0 Å². The highest BCUT2D eigenvalue weighted by Gasteiger charge is 2.25. The molecule has 2 aromatic rings. The van der Waals surface area contributed by atoms with E-state index in [-0.39, 0.29) is 17.8 Å². The molecule has 0 saturated heterocycles. The van der Waals surface area contributed by atoms with Crippen LogP contribution < -0.4 is 0 Å². The number of rotatable bonds is 11. The molecule has 0 spiro atoms. The Hall–Kier alpha value is -1.82. The van der Waals surface area contributed by atoms with E-state index in [0.29, 0.717) is 18.3 Å². The normalized spacial score (nSPS) is 15.1. The summed E-state index contributed by atoms with van der Waals surface area (Å²) >= 11 is 1.62. The number of carbonyl (C=O) groups is 1. The minimum Gasteiger partial charge on any atom is -0.455 e. The molecule has 3 rings (SSSR count). The van der Waals surface area contributed by atoms with E-state index < -0.39 is 5.60 Å². The SMILES string of the molecule is CC(C)(O)c1ccccc1CC[C@@H](SCOC(=O)CC1CC1)c1cccc(CO)c1. The maximum Gasteiger partial charge on any atom is 0.306 e. The molecule has 5 heteroatoms. The molecule has 0 bridgehead atoms. The molecule has 0 unspecified atom stereocenters. The number of carbonyl (C=O) groups excluding carboxylic acids is 1. The number of aliphatic hydroxyl groups is 2. The Morgan fingerprint density at radius 3 is 2.67 bits per heavy atom. The van der Waals surface area contributed by atoms with Crippen LogP contribution in [-0.2, 0) is 28.2 Å². The van der Waals surface area contributed by atoms with Gasteiger partial charge in [0.1, 0.15) is 5.94 Å². The van der Waals surface area contributed by atoms with Crippen LogP contribution in [0.4, 0.5) is 0 Å². The third-order valence-electron chi connectivity index (χ3n) is 5.50. The smallest absolute Gasteiger partial charge is 0.306 e. The Bertz CT molecular complexity index is 839. The minimum atomic E-state index is -0.894. The quantitative estimate of drug-likeness (QED) is 0.384. The molecular formula is C25H32O4S. The summed E-state index contributed by atoms with van der Waals surface area (Å²) in [6.45, 7) is 3.62. The van der Waals surface area contributed by atoms with Crippen LogP contribution in [0, 0.1) is 5.92 Å². The fourth-order valence-corrected chi connectivity index (χ4v) is 4.65. The number of aryl methyl sites for hydroxylation is 1. The summed E-state index contributed by atoms with van der Waals surface area (Å²) in [5.74, 6) is 0.741. The lowest BCUT2D eigenvalue weighted by Gasteiger charge is -2.23. The summed E-state index contributed by atoms with van der Waals surface area (Å²) in [6.07, 6.45) is 4.45. The molecule has 0 aromatic heterocycles. The van der Waals surface area contributed by atoms with Gasteiger partial charge in [0.15, 0.2) is 0 Å². The molecule has 1 aliphatic carbocycles. The number of aliphatic hydroxyl groups excluding tert-OH is 1. The van der Waals surface area contributed by atoms with Crippen molar-refractivity contribution in [3.63, 3.8) is 0 Å². The zero-order chi connectivity index (χ0) is 21.6. The van der Waals surface area contributed by atoms with Crippen LogP contribution in [-0.4, -0.2) is 22.1 Å². The van der Waals surface area contributed by atoms with E-state index in [1.807, 2.05) is 50.2 Å². The fraction of sp³-hybridized carbons (Fsp3) is 0.480. The second-order valence-corrected chi connectivity index (χ2v) is 9.73. The number of thioether (sulfide) groups is 1. The minimum absolute atomic E-state index is 0.00311. The van der Waals surface area contributed by atoms with E-state index >= 15 is 0 Å². The van der Waals surface area contributed by atoms with Crippen LogP contribution in [0.15, 0.2) is 48.5 Å². The van der Waals surface area contributed by atoms with E-state index in [1.54, 1.807) is 11.8 Å². The first kappa shape index (κ1) is 22.9. The van der Waals surface area contributed by atoms with Crippen molar-refractivity contribution in [1.29, 1.82) is 0 Å². The van der Waals surface area contributed by atoms with Crippen molar-refractivity contribution in [3.05, 3.63) is 70.8 Å². The van der Waals surface area contributed by atoms with Crippen LogP contribution >= 0.6 is 11.8 Å². The molecule has 0 heterocycles. The van der Waals surface area contributed by atoms with Gasteiger partial charge in [-0.2, -0.15) is 0 Å². The first-order valence-corrected chi connectivity index (χ1v) is 11.7. The van der Waals surface area contributed by atoms with Crippen molar-refractivity contribution in [1.82, 2.24) is 0 Å². The average Bonchev–Trinajstić information content (AvgIpc) is 3.54. The molecule has 1 aliphatic rings. The van der Waals surface area contributed by atoms with E-state index in [0.717, 1.165) is 47.9 Å². The summed E-state index contributed by atoms with van der Waals surface area (Å²) < 4.78 is 5.47. The lowest BCUT2D eigenvalue weighted by Crippen LogP contribution is -2.18. The summed E-state index contributed by atoms with van der Waals surface area (Å²) in [5, 5.41) is 20.1. The van der Waals surface area contributed by atoms with E-state index in [9.17, 15) is 15.0 Å². The van der Waals surface area contributed by atoms with Gasteiger partial charge in [-0.1, -0.05) is 48.5 Å². The number of hydrogen-bond acceptors (Lipinski definition) is 5. The second kappa shape index (κ2) is 10.5. The Morgan fingerprint density at radius 1 is 1.20 bits per heavy atom. The molecule has 30 heavy (non-hydrogen) atoms. The molecule has 1 fully saturated rings. The van der Waals surface area contributed by atoms with Gasteiger partial charge in [-0.05, 0) is 67.7 Å². The molecule has 2 N–H and O–H groups in total. The molecule has 0 aliphatic heterocycles. The Labute approximate surface area is 183 Å². The van der Waals surface area contributed by atoms with Gasteiger partial charge in [-0.3, -0.25) is 4.79 Å². The third-order valence-corrected chi connectivity index (χ3v) is 6.66. The second-order valence-electron chi connectivity index (χ2n) is 8.59. The maximum absolute atomic E-state index is 11.9. The first-order chi connectivity index (χ1) is 14.4. The van der Waals surface area contributed by atoms with Gasteiger partial charge in [-0.15, -0.1) is 11.8 Å². The summed E-state index contributed by atoms with van der Waals surface area (Å²) in [4.78, 5) is 11.9. The van der Waals surface area contributed by atoms with Gasteiger partial charge in [0, 0.05) is 11.7 Å². The highest BCUT2D eigenvalue weighted by Crippen LogP contribution is 2.36. The Kier molecular flexibility index (Phi) is 7.98. The van der Waals surface area contributed by atoms with Crippen molar-refractivity contribution in [2.24, 2.45) is 5.92 Å². The van der Waals surface area contributed by atoms with Gasteiger partial charge in [0.25, 0.3) is 0 Å². The van der Waals surface area contributed by atoms with Crippen molar-refractivity contribution in [2.45, 2.75) is 63.4 Å². The van der Waals surface area contributed by atoms with Crippen molar-refractivity contribution in [2.75, 3.05) is 5.94 Å². The summed E-state index contributed by atoms with van der Waals surface area (Å²) in [5.41, 5.74) is 3.16. The Balaban J connectivity index is 1.68. The molecule has 1 saturated carbocycles. The molecule has 1 atom stereocenters. The van der Waals surface area contributed by atoms with Crippen LogP contribution in [0.5, 0.6) is 0 Å². The lowest BCUT2D eigenvalue weighted by atomic mass is 9.90. The van der Waals surface area contributed by atoms with Crippen LogP contribution in [0.2, 0.25) is 0 Å². The third kappa shape index (κ3) is 6.86. The van der Waals surface area contributed by atoms with Crippen molar-refractivity contribution < 1.29 is 19.7 Å². The number of esters is 1. The van der Waals surface area contributed by atoms with Crippen LogP contribution in [0.1, 0.15) is 67.0 Å². The van der Waals surface area contributed by atoms with Gasteiger partial charge in [0.05, 0.1) is 12.2 Å². The Morgan fingerprint density at radius 2 is 1.97 bits per heavy atom. The average molecular weight is 429 g/mol. The highest BCUT2D eigenvalue weighted by atomic mass is 32.2. The van der Waals surface area contributed by atoms with E-state index in [4.69, 9.17) is 4.74 Å². The lowest BCUT2D eigenvalue weighted by molar-refractivity contribution is -0.141. The van der Waals surface area contributed by atoms with Crippen LogP contribution in [0.25, 0.3) is 0 Å². The highest BCUT2D eigenvalue weighted by molar-refractivity contribution is 7.99. The van der Waals surface area contributed by atoms with Crippen LogP contribution in [0.3, 0.4) is 0 Å². The molecule has 4 nitrogen and oxygen atoms in total. The van der Waals surface area contributed by atoms with E-state index in [2.05, 4.69) is 12.1 Å². The first-order valence-electron chi connectivity index (χ1n) is 10.6. The molecule has 0 radical (unpaired) electrons. The zero-order valence-electron chi connectivity index (χ0n) is 17.8. The predicted molar refractivity (Wildman–Crippen MR) is 121 cm³/mol. The predicted octanol–water partition coefficient (Wildman–Crippen LogP) is 5.11. The van der Waals surface area contributed by atoms with Crippen molar-refractivity contribution >= 4 is 17.7 Å². The van der Waals surface area contributed by atoms with Gasteiger partial charge >= 0.3 is 5.97 Å². The van der Waals surface area contributed by atoms with E-state index in [1.165, 1.54) is 0 Å². The molecule has 2 aromatic carbocycles. The number of hydrogen-bond donors (Lipinski definition) is 2. The number of ether oxygens (including phenoxy) is 1. The monoisotopic (exact) mass is 428 g/mol. The zero-order valence-corrected chi connectivity index (χ0v) is 18.7. The summed E-state index contributed by atoms with van der Waals surface area (Å²) in [6, 6.07) is 15.9. The van der Waals surface area contributed by atoms with Crippen molar-refractivity contribution in [3.8, 4) is 0 Å². The van der Waals surface area contributed by atoms with Gasteiger partial charge in [-0.25, -0.2) is 0 Å². The molecule has 162 valence electrons. The fourth-order valence-electron chi connectivity index (χ4n) is 3.66. The molecular weight excluding hydrogens is 396 g/mol. The summed E-state index contributed by atoms with van der Waals surface area (Å²) in [7, 11) is 0. The van der Waals surface area contributed by atoms with Gasteiger partial charge < -0.3 is 14.9 Å².